The number of hydrogen-bond donors (Lipinski definition) is 0. The minimum atomic E-state index is -0.0596. The summed E-state index contributed by atoms with van der Waals surface area (Å²) in [6, 6.07) is 10.3. The highest BCUT2D eigenvalue weighted by atomic mass is 32.1. The van der Waals surface area contributed by atoms with Gasteiger partial charge in [-0.25, -0.2) is 4.98 Å². The van der Waals surface area contributed by atoms with Crippen molar-refractivity contribution < 1.29 is 9.53 Å². The molecule has 122 valence electrons. The van der Waals surface area contributed by atoms with Crippen molar-refractivity contribution in [1.82, 2.24) is 9.88 Å². The summed E-state index contributed by atoms with van der Waals surface area (Å²) in [6.45, 7) is 4.71. The number of nitrogens with zero attached hydrogens (tertiary/aromatic N) is 2. The van der Waals surface area contributed by atoms with Crippen molar-refractivity contribution in [2.24, 2.45) is 0 Å². The van der Waals surface area contributed by atoms with E-state index in [4.69, 9.17) is 4.74 Å². The van der Waals surface area contributed by atoms with Gasteiger partial charge in [0.15, 0.2) is 0 Å². The van der Waals surface area contributed by atoms with Gasteiger partial charge in [-0.15, -0.1) is 11.3 Å². The summed E-state index contributed by atoms with van der Waals surface area (Å²) in [5, 5.41) is 2.01. The quantitative estimate of drug-likeness (QED) is 0.862. The Morgan fingerprint density at radius 2 is 2.13 bits per heavy atom. The fourth-order valence-electron chi connectivity index (χ4n) is 3.23. The lowest BCUT2D eigenvalue weighted by Gasteiger charge is -2.44. The average Bonchev–Trinajstić information content (AvgIpc) is 3.07. The van der Waals surface area contributed by atoms with Crippen molar-refractivity contribution in [2.75, 3.05) is 6.61 Å². The molecule has 0 unspecified atom stereocenters. The van der Waals surface area contributed by atoms with E-state index in [1.807, 2.05) is 34.0 Å². The fourth-order valence-corrected chi connectivity index (χ4v) is 3.82. The van der Waals surface area contributed by atoms with Crippen LogP contribution in [0.25, 0.3) is 0 Å². The van der Waals surface area contributed by atoms with E-state index in [0.29, 0.717) is 19.4 Å². The van der Waals surface area contributed by atoms with Crippen molar-refractivity contribution >= 4 is 17.2 Å². The summed E-state index contributed by atoms with van der Waals surface area (Å²) in [6.07, 6.45) is 1.14. The second kappa shape index (κ2) is 7.23. The Morgan fingerprint density at radius 1 is 1.35 bits per heavy atom. The van der Waals surface area contributed by atoms with Gasteiger partial charge < -0.3 is 9.64 Å². The second-order valence-electron chi connectivity index (χ2n) is 6.04. The molecule has 3 atom stereocenters. The molecule has 23 heavy (non-hydrogen) atoms. The van der Waals surface area contributed by atoms with Gasteiger partial charge in [-0.2, -0.15) is 0 Å². The molecule has 1 aromatic heterocycles. The predicted molar refractivity (Wildman–Crippen MR) is 91.3 cm³/mol. The predicted octanol–water partition coefficient (Wildman–Crippen LogP) is 3.45. The van der Waals surface area contributed by atoms with Crippen LogP contribution in [0.2, 0.25) is 0 Å². The van der Waals surface area contributed by atoms with Gasteiger partial charge in [0.05, 0.1) is 29.9 Å². The lowest BCUT2D eigenvalue weighted by Crippen LogP contribution is -2.53. The summed E-state index contributed by atoms with van der Waals surface area (Å²) in [5.41, 5.74) is 3.94. The van der Waals surface area contributed by atoms with E-state index in [-0.39, 0.29) is 24.1 Å². The van der Waals surface area contributed by atoms with Crippen molar-refractivity contribution in [3.05, 3.63) is 52.5 Å². The number of aromatic nitrogens is 1. The van der Waals surface area contributed by atoms with E-state index < -0.39 is 0 Å². The summed E-state index contributed by atoms with van der Waals surface area (Å²) >= 11 is 1.57. The van der Waals surface area contributed by atoms with Gasteiger partial charge >= 0.3 is 0 Å². The zero-order chi connectivity index (χ0) is 16.2. The fraction of sp³-hybridized carbons (Fsp3) is 0.444. The third-order valence-corrected chi connectivity index (χ3v) is 5.00. The minimum Gasteiger partial charge on any atom is -0.369 e. The topological polar surface area (TPSA) is 42.4 Å². The van der Waals surface area contributed by atoms with Crippen molar-refractivity contribution in [1.29, 1.82) is 0 Å². The van der Waals surface area contributed by atoms with E-state index in [1.165, 1.54) is 0 Å². The van der Waals surface area contributed by atoms with E-state index in [1.54, 1.807) is 11.3 Å². The molecule has 2 aromatic rings. The van der Waals surface area contributed by atoms with Gasteiger partial charge in [0.25, 0.3) is 0 Å². The maximum Gasteiger partial charge on any atom is 0.223 e. The van der Waals surface area contributed by atoms with E-state index in [9.17, 15) is 4.79 Å². The zero-order valence-corrected chi connectivity index (χ0v) is 14.3. The van der Waals surface area contributed by atoms with Gasteiger partial charge in [0.2, 0.25) is 5.91 Å². The van der Waals surface area contributed by atoms with E-state index >= 15 is 0 Å². The summed E-state index contributed by atoms with van der Waals surface area (Å²) in [5.74, 6) is 0.183. The first kappa shape index (κ1) is 16.1. The third-order valence-electron chi connectivity index (χ3n) is 4.36. The standard InChI is InChI=1S/C18H22N2O2S/c1-13-10-22-18(15-6-4-3-5-7-15)14(2)20(13)17(21)9-8-16-11-23-12-19-16/h3-7,11-14,18H,8-10H2,1-2H3/t13-,14-,18+/m1/s1. The summed E-state index contributed by atoms with van der Waals surface area (Å²) in [4.78, 5) is 19.0. The Labute approximate surface area is 141 Å². The van der Waals surface area contributed by atoms with Crippen LogP contribution in [0.1, 0.15) is 37.6 Å². The molecule has 1 aliphatic heterocycles. The molecular weight excluding hydrogens is 308 g/mol. The van der Waals surface area contributed by atoms with Crippen molar-refractivity contribution in [3.8, 4) is 0 Å². The number of hydrogen-bond acceptors (Lipinski definition) is 4. The summed E-state index contributed by atoms with van der Waals surface area (Å²) in [7, 11) is 0. The van der Waals surface area contributed by atoms with Crippen LogP contribution in [0.3, 0.4) is 0 Å². The number of morpholine rings is 1. The number of benzene rings is 1. The van der Waals surface area contributed by atoms with E-state index in [2.05, 4.69) is 31.0 Å². The van der Waals surface area contributed by atoms with Gasteiger partial charge in [0, 0.05) is 11.8 Å². The molecular formula is C18H22N2O2S. The van der Waals surface area contributed by atoms with Gasteiger partial charge in [-0.05, 0) is 25.8 Å². The van der Waals surface area contributed by atoms with Crippen LogP contribution >= 0.6 is 11.3 Å². The molecule has 5 heteroatoms. The van der Waals surface area contributed by atoms with Crippen molar-refractivity contribution in [3.63, 3.8) is 0 Å². The van der Waals surface area contributed by atoms with Crippen LogP contribution in [0.4, 0.5) is 0 Å². The lowest BCUT2D eigenvalue weighted by atomic mass is 9.98. The van der Waals surface area contributed by atoms with Gasteiger partial charge in [-0.1, -0.05) is 30.3 Å². The third kappa shape index (κ3) is 3.62. The minimum absolute atomic E-state index is 0.0316. The second-order valence-corrected chi connectivity index (χ2v) is 6.75. The number of carbonyl (C=O) groups excluding carboxylic acids is 1. The highest BCUT2D eigenvalue weighted by molar-refractivity contribution is 7.07. The van der Waals surface area contributed by atoms with Crippen LogP contribution in [0.5, 0.6) is 0 Å². The van der Waals surface area contributed by atoms with Gasteiger partial charge in [-0.3, -0.25) is 4.79 Å². The number of ether oxygens (including phenoxy) is 1. The molecule has 0 N–H and O–H groups in total. The molecule has 0 aliphatic carbocycles. The average molecular weight is 330 g/mol. The maximum atomic E-state index is 12.7. The van der Waals surface area contributed by atoms with Crippen LogP contribution in [-0.4, -0.2) is 34.5 Å². The van der Waals surface area contributed by atoms with E-state index in [0.717, 1.165) is 11.3 Å². The molecule has 4 nitrogen and oxygen atoms in total. The number of amides is 1. The number of carbonyl (C=O) groups is 1. The number of rotatable bonds is 4. The highest BCUT2D eigenvalue weighted by Crippen LogP contribution is 2.31. The van der Waals surface area contributed by atoms with Gasteiger partial charge in [0.1, 0.15) is 6.10 Å². The Hall–Kier alpha value is -1.72. The van der Waals surface area contributed by atoms with Crippen LogP contribution in [-0.2, 0) is 16.0 Å². The SMILES string of the molecule is C[C@@H]1CO[C@H](c2ccccc2)[C@@H](C)N1C(=O)CCc1cscn1. The molecule has 0 saturated carbocycles. The molecule has 0 radical (unpaired) electrons. The smallest absolute Gasteiger partial charge is 0.223 e. The largest absolute Gasteiger partial charge is 0.369 e. The first-order valence-corrected chi connectivity index (χ1v) is 8.96. The first-order chi connectivity index (χ1) is 11.2. The molecule has 1 amide bonds. The Balaban J connectivity index is 1.70. The van der Waals surface area contributed by atoms with Crippen LogP contribution in [0, 0.1) is 0 Å². The normalized spacial score (nSPS) is 24.6. The molecule has 1 aromatic carbocycles. The highest BCUT2D eigenvalue weighted by Gasteiger charge is 2.36. The Kier molecular flexibility index (Phi) is 5.08. The van der Waals surface area contributed by atoms with Crippen LogP contribution in [0.15, 0.2) is 41.2 Å². The number of aryl methyl sites for hydroxylation is 1. The molecule has 0 spiro atoms. The molecule has 1 fully saturated rings. The summed E-state index contributed by atoms with van der Waals surface area (Å²) < 4.78 is 6.01. The lowest BCUT2D eigenvalue weighted by molar-refractivity contribution is -0.153. The molecule has 0 bridgehead atoms. The molecule has 1 aliphatic rings. The first-order valence-electron chi connectivity index (χ1n) is 8.01. The zero-order valence-electron chi connectivity index (χ0n) is 13.5. The molecule has 2 heterocycles. The Morgan fingerprint density at radius 3 is 2.83 bits per heavy atom. The monoisotopic (exact) mass is 330 g/mol. The van der Waals surface area contributed by atoms with Crippen molar-refractivity contribution in [2.45, 2.75) is 44.9 Å². The molecule has 1 saturated heterocycles. The number of thiazole rings is 1. The van der Waals surface area contributed by atoms with Crippen LogP contribution < -0.4 is 0 Å². The Bertz CT molecular complexity index is 630. The maximum absolute atomic E-state index is 12.7. The molecule has 3 rings (SSSR count).